The highest BCUT2D eigenvalue weighted by atomic mass is 35.5. The van der Waals surface area contributed by atoms with Crippen LogP contribution in [0.4, 0.5) is 11.6 Å². The van der Waals surface area contributed by atoms with Crippen LogP contribution in [0, 0.1) is 6.92 Å². The molecule has 0 N–H and O–H groups in total. The number of nitrogens with zero attached hydrogens (tertiary/aromatic N) is 5. The second kappa shape index (κ2) is 8.61. The fourth-order valence-electron chi connectivity index (χ4n) is 3.61. The van der Waals surface area contributed by atoms with Crippen molar-refractivity contribution >= 4 is 45.9 Å². The summed E-state index contributed by atoms with van der Waals surface area (Å²) in [5.41, 5.74) is 4.41. The highest BCUT2D eigenvalue weighted by Crippen LogP contribution is 2.34. The van der Waals surface area contributed by atoms with Gasteiger partial charge in [0.15, 0.2) is 11.0 Å². The highest BCUT2D eigenvalue weighted by molar-refractivity contribution is 6.32. The molecule has 3 aromatic carbocycles. The molecule has 2 heterocycles. The van der Waals surface area contributed by atoms with Crippen molar-refractivity contribution < 1.29 is 0 Å². The molecule has 0 aliphatic carbocycles. The van der Waals surface area contributed by atoms with Gasteiger partial charge in [0.05, 0.1) is 29.0 Å². The molecular weight excluding hydrogens is 441 g/mol. The molecule has 7 heteroatoms. The summed E-state index contributed by atoms with van der Waals surface area (Å²) in [4.78, 5) is 11.5. The minimum Gasteiger partial charge on any atom is -0.304 e. The molecule has 32 heavy (non-hydrogen) atoms. The quantitative estimate of drug-likeness (QED) is 0.291. The second-order valence-corrected chi connectivity index (χ2v) is 8.23. The summed E-state index contributed by atoms with van der Waals surface area (Å²) in [7, 11) is 0. The van der Waals surface area contributed by atoms with E-state index in [1.54, 1.807) is 0 Å². The zero-order chi connectivity index (χ0) is 22.1. The Morgan fingerprint density at radius 3 is 2.19 bits per heavy atom. The van der Waals surface area contributed by atoms with Crippen molar-refractivity contribution in [3.8, 4) is 5.69 Å². The number of rotatable bonds is 5. The van der Waals surface area contributed by atoms with E-state index >= 15 is 0 Å². The maximum atomic E-state index is 6.68. The number of aryl methyl sites for hydroxylation is 1. The average Bonchev–Trinajstić information content (AvgIpc) is 3.20. The minimum absolute atomic E-state index is 0.330. The Morgan fingerprint density at radius 1 is 0.812 bits per heavy atom. The molecule has 0 radical (unpaired) electrons. The Labute approximate surface area is 195 Å². The Kier molecular flexibility index (Phi) is 5.52. The predicted octanol–water partition coefficient (Wildman–Crippen LogP) is 6.77. The first-order chi connectivity index (χ1) is 15.6. The number of anilines is 2. The van der Waals surface area contributed by atoms with Crippen molar-refractivity contribution in [1.29, 1.82) is 0 Å². The summed E-state index contributed by atoms with van der Waals surface area (Å²) in [5, 5.41) is 5.76. The van der Waals surface area contributed by atoms with Gasteiger partial charge in [-0.05, 0) is 48.9 Å². The predicted molar refractivity (Wildman–Crippen MR) is 130 cm³/mol. The molecule has 0 bridgehead atoms. The number of fused-ring (bicyclic) bond motifs is 1. The average molecular weight is 460 g/mol. The van der Waals surface area contributed by atoms with Crippen LogP contribution in [0.5, 0.6) is 0 Å². The van der Waals surface area contributed by atoms with Gasteiger partial charge in [-0.3, -0.25) is 0 Å². The summed E-state index contributed by atoms with van der Waals surface area (Å²) in [6.45, 7) is 2.49. The zero-order valence-corrected chi connectivity index (χ0v) is 18.8. The molecule has 0 amide bonds. The highest BCUT2D eigenvalue weighted by Gasteiger charge is 2.22. The SMILES string of the molecule is Cc1cc(N(Cc2ccc(Cl)cc2)c2nc3ccccc3nc2Cl)n(-c2ccccc2)n1. The maximum Gasteiger partial charge on any atom is 0.173 e. The van der Waals surface area contributed by atoms with Gasteiger partial charge in [-0.25, -0.2) is 14.6 Å². The van der Waals surface area contributed by atoms with E-state index in [9.17, 15) is 0 Å². The van der Waals surface area contributed by atoms with Crippen LogP contribution in [0.3, 0.4) is 0 Å². The lowest BCUT2D eigenvalue weighted by Crippen LogP contribution is -2.21. The molecule has 5 rings (SSSR count). The van der Waals surface area contributed by atoms with E-state index < -0.39 is 0 Å². The van der Waals surface area contributed by atoms with E-state index in [2.05, 4.69) is 4.98 Å². The van der Waals surface area contributed by atoms with Gasteiger partial charge in [0.2, 0.25) is 0 Å². The topological polar surface area (TPSA) is 46.8 Å². The molecular formula is C25H19Cl2N5. The van der Waals surface area contributed by atoms with Gasteiger partial charge in [0, 0.05) is 11.1 Å². The number of para-hydroxylation sites is 3. The number of hydrogen-bond acceptors (Lipinski definition) is 4. The molecule has 0 unspecified atom stereocenters. The van der Waals surface area contributed by atoms with Crippen LogP contribution < -0.4 is 4.90 Å². The van der Waals surface area contributed by atoms with E-state index in [-0.39, 0.29) is 0 Å². The number of benzene rings is 3. The molecule has 0 saturated carbocycles. The van der Waals surface area contributed by atoms with E-state index in [0.29, 0.717) is 22.5 Å². The molecule has 5 aromatic rings. The van der Waals surface area contributed by atoms with E-state index in [0.717, 1.165) is 33.8 Å². The van der Waals surface area contributed by atoms with Crippen molar-refractivity contribution in [3.63, 3.8) is 0 Å². The van der Waals surface area contributed by atoms with E-state index in [1.807, 2.05) is 101 Å². The van der Waals surface area contributed by atoms with E-state index in [1.165, 1.54) is 0 Å². The largest absolute Gasteiger partial charge is 0.304 e. The van der Waals surface area contributed by atoms with Crippen LogP contribution in [-0.2, 0) is 6.54 Å². The fourth-order valence-corrected chi connectivity index (χ4v) is 3.98. The van der Waals surface area contributed by atoms with Crippen LogP contribution in [0.25, 0.3) is 16.7 Å². The molecule has 5 nitrogen and oxygen atoms in total. The Bertz CT molecular complexity index is 1380. The van der Waals surface area contributed by atoms with Crippen LogP contribution in [-0.4, -0.2) is 19.7 Å². The van der Waals surface area contributed by atoms with Crippen molar-refractivity contribution in [2.24, 2.45) is 0 Å². The molecule has 0 atom stereocenters. The van der Waals surface area contributed by atoms with Crippen LogP contribution in [0.15, 0.2) is 84.9 Å². The summed E-state index contributed by atoms with van der Waals surface area (Å²) >= 11 is 12.8. The molecule has 0 spiro atoms. The first-order valence-corrected chi connectivity index (χ1v) is 10.9. The second-order valence-electron chi connectivity index (χ2n) is 7.43. The third kappa shape index (κ3) is 4.05. The summed E-state index contributed by atoms with van der Waals surface area (Å²) in [5.74, 6) is 1.41. The molecule has 158 valence electrons. The van der Waals surface area contributed by atoms with Crippen LogP contribution in [0.1, 0.15) is 11.3 Å². The fraction of sp³-hybridized carbons (Fsp3) is 0.0800. The van der Waals surface area contributed by atoms with Crippen LogP contribution >= 0.6 is 23.2 Å². The van der Waals surface area contributed by atoms with Crippen molar-refractivity contribution in [2.45, 2.75) is 13.5 Å². The lowest BCUT2D eigenvalue weighted by Gasteiger charge is -2.25. The summed E-state index contributed by atoms with van der Waals surface area (Å²) in [6.07, 6.45) is 0. The summed E-state index contributed by atoms with van der Waals surface area (Å²) in [6, 6.07) is 27.5. The minimum atomic E-state index is 0.330. The molecule has 0 saturated heterocycles. The first kappa shape index (κ1) is 20.5. The number of hydrogen-bond donors (Lipinski definition) is 0. The standard InChI is InChI=1S/C25H19Cl2N5/c1-17-15-23(32(30-17)20-7-3-2-4-8-20)31(16-18-11-13-19(26)14-12-18)25-24(27)28-21-9-5-6-10-22(21)29-25/h2-15H,16H2,1H3. The molecule has 2 aromatic heterocycles. The van der Waals surface area contributed by atoms with Crippen molar-refractivity contribution in [1.82, 2.24) is 19.7 Å². The summed E-state index contributed by atoms with van der Waals surface area (Å²) < 4.78 is 1.90. The Balaban J connectivity index is 1.70. The lowest BCUT2D eigenvalue weighted by molar-refractivity contribution is 0.816. The number of aromatic nitrogens is 4. The van der Waals surface area contributed by atoms with Gasteiger partial charge in [-0.15, -0.1) is 0 Å². The Morgan fingerprint density at radius 2 is 1.47 bits per heavy atom. The Hall–Kier alpha value is -3.41. The van der Waals surface area contributed by atoms with Gasteiger partial charge in [-0.1, -0.05) is 65.7 Å². The molecule has 0 fully saturated rings. The smallest absolute Gasteiger partial charge is 0.173 e. The maximum absolute atomic E-state index is 6.68. The van der Waals surface area contributed by atoms with Gasteiger partial charge < -0.3 is 4.90 Å². The lowest BCUT2D eigenvalue weighted by atomic mass is 10.2. The van der Waals surface area contributed by atoms with Gasteiger partial charge in [0.1, 0.15) is 5.82 Å². The third-order valence-corrected chi connectivity index (χ3v) is 5.62. The molecule has 0 aliphatic rings. The third-order valence-electron chi connectivity index (χ3n) is 5.11. The van der Waals surface area contributed by atoms with Crippen LogP contribution in [0.2, 0.25) is 10.2 Å². The zero-order valence-electron chi connectivity index (χ0n) is 17.3. The normalized spacial score (nSPS) is 11.1. The molecule has 0 aliphatic heterocycles. The van der Waals surface area contributed by atoms with Gasteiger partial charge in [0.25, 0.3) is 0 Å². The first-order valence-electron chi connectivity index (χ1n) is 10.1. The van der Waals surface area contributed by atoms with Crippen molar-refractivity contribution in [3.05, 3.63) is 106 Å². The van der Waals surface area contributed by atoms with Crippen molar-refractivity contribution in [2.75, 3.05) is 4.90 Å². The van der Waals surface area contributed by atoms with Gasteiger partial charge >= 0.3 is 0 Å². The van der Waals surface area contributed by atoms with E-state index in [4.69, 9.17) is 33.3 Å². The van der Waals surface area contributed by atoms with Gasteiger partial charge in [-0.2, -0.15) is 5.10 Å². The number of halogens is 2. The monoisotopic (exact) mass is 459 g/mol.